The maximum Gasteiger partial charge on any atom is 0.472 e. The Kier molecular flexibility index (Phi) is 36.5. The van der Waals surface area contributed by atoms with Gasteiger partial charge in [0.05, 0.1) is 27.7 Å². The average Bonchev–Trinajstić information content (AvgIpc) is 3.17. The minimum Gasteiger partial charge on any atom is -0.462 e. The van der Waals surface area contributed by atoms with E-state index in [0.717, 1.165) is 77.0 Å². The number of phosphoric ester groups is 1. The van der Waals surface area contributed by atoms with Crippen LogP contribution in [0.5, 0.6) is 0 Å². The summed E-state index contributed by atoms with van der Waals surface area (Å²) in [7, 11) is 1.38. The van der Waals surface area contributed by atoms with Gasteiger partial charge in [0.1, 0.15) is 19.8 Å². The van der Waals surface area contributed by atoms with Crippen LogP contribution < -0.4 is 0 Å². The molecule has 0 spiro atoms. The second kappa shape index (κ2) is 38.9. The van der Waals surface area contributed by atoms with Crippen LogP contribution in [0.3, 0.4) is 0 Å². The first-order chi connectivity index (χ1) is 28.0. The highest BCUT2D eigenvalue weighted by Crippen LogP contribution is 2.43. The molecule has 0 aromatic carbocycles. The highest BCUT2D eigenvalue weighted by Gasteiger charge is 2.27. The maximum absolute atomic E-state index is 12.7. The normalized spacial score (nSPS) is 14.8. The molecule has 9 nitrogen and oxygen atoms in total. The number of ether oxygens (including phenoxy) is 2. The van der Waals surface area contributed by atoms with Crippen molar-refractivity contribution in [3.8, 4) is 0 Å². The van der Waals surface area contributed by atoms with Gasteiger partial charge in [-0.3, -0.25) is 18.6 Å². The number of quaternary nitrogens is 1. The number of likely N-dealkylation sites (N-methyl/N-ethyl adjacent to an activating group) is 1. The first-order valence-electron chi connectivity index (χ1n) is 21.3. The summed E-state index contributed by atoms with van der Waals surface area (Å²) in [5.41, 5.74) is 0. The molecule has 2 unspecified atom stereocenters. The van der Waals surface area contributed by atoms with Gasteiger partial charge in [-0.05, 0) is 89.9 Å². The highest BCUT2D eigenvalue weighted by molar-refractivity contribution is 7.47. The molecule has 0 rings (SSSR count). The molecule has 0 fully saturated rings. The van der Waals surface area contributed by atoms with Gasteiger partial charge in [0.15, 0.2) is 6.10 Å². The molecule has 10 heteroatoms. The molecule has 0 aliphatic carbocycles. The first kappa shape index (κ1) is 54.4. The van der Waals surface area contributed by atoms with Crippen molar-refractivity contribution in [2.45, 2.75) is 123 Å². The zero-order valence-electron chi connectivity index (χ0n) is 36.5. The molecule has 0 saturated carbocycles. The Hall–Kier alpha value is -3.59. The second-order valence-electron chi connectivity index (χ2n) is 14.6. The van der Waals surface area contributed by atoms with E-state index in [9.17, 15) is 19.0 Å². The fraction of sp³-hybridized carbons (Fsp3) is 0.542. The zero-order valence-corrected chi connectivity index (χ0v) is 37.4. The van der Waals surface area contributed by atoms with E-state index >= 15 is 0 Å². The number of esters is 2. The van der Waals surface area contributed by atoms with Crippen LogP contribution in [0, 0.1) is 0 Å². The van der Waals surface area contributed by atoms with Gasteiger partial charge in [0.25, 0.3) is 0 Å². The number of hydrogen-bond acceptors (Lipinski definition) is 7. The smallest absolute Gasteiger partial charge is 0.462 e. The van der Waals surface area contributed by atoms with Gasteiger partial charge in [-0.2, -0.15) is 0 Å². The van der Waals surface area contributed by atoms with E-state index < -0.39 is 32.5 Å². The minimum atomic E-state index is -4.41. The third-order valence-corrected chi connectivity index (χ3v) is 8.98. The Morgan fingerprint density at radius 3 is 1.38 bits per heavy atom. The Balaban J connectivity index is 4.61. The molecule has 0 aromatic heterocycles. The number of rotatable bonds is 36. The number of carbonyl (C=O) groups excluding carboxylic acids is 2. The van der Waals surface area contributed by atoms with Crippen LogP contribution in [0.15, 0.2) is 122 Å². The lowest BCUT2D eigenvalue weighted by atomic mass is 10.2. The topological polar surface area (TPSA) is 108 Å². The molecule has 2 atom stereocenters. The van der Waals surface area contributed by atoms with Crippen molar-refractivity contribution in [2.75, 3.05) is 47.5 Å². The molecular weight excluding hydrogens is 750 g/mol. The van der Waals surface area contributed by atoms with Gasteiger partial charge in [-0.15, -0.1) is 0 Å². The van der Waals surface area contributed by atoms with Crippen LogP contribution in [0.1, 0.15) is 117 Å². The summed E-state index contributed by atoms with van der Waals surface area (Å²) < 4.78 is 34.1. The van der Waals surface area contributed by atoms with Crippen molar-refractivity contribution in [3.05, 3.63) is 122 Å². The predicted molar refractivity (Wildman–Crippen MR) is 242 cm³/mol. The molecule has 0 heterocycles. The molecule has 1 N–H and O–H groups in total. The summed E-state index contributed by atoms with van der Waals surface area (Å²) in [5, 5.41) is 0. The quantitative estimate of drug-likeness (QED) is 0.0219. The summed E-state index contributed by atoms with van der Waals surface area (Å²) >= 11 is 0. The monoisotopic (exact) mass is 827 g/mol. The lowest BCUT2D eigenvalue weighted by Crippen LogP contribution is -2.37. The molecular formula is C48H77NO8P+. The van der Waals surface area contributed by atoms with Crippen LogP contribution in [-0.4, -0.2) is 74.9 Å². The highest BCUT2D eigenvalue weighted by atomic mass is 31.2. The number of carbonyl (C=O) groups is 2. The fourth-order valence-corrected chi connectivity index (χ4v) is 5.48. The SMILES string of the molecule is CC/C=C\C/C=C\C/C=C\C/C=C\C/C=C\C/C=C\CCC(=O)OC(COC(=O)CCCC/C=C\C/C=C\C/C=C\C/C=C\CC)COP(=O)(O)OCC[N+](C)(C)C. The van der Waals surface area contributed by atoms with E-state index in [1.54, 1.807) is 0 Å². The van der Waals surface area contributed by atoms with Crippen LogP contribution in [0.25, 0.3) is 0 Å². The van der Waals surface area contributed by atoms with Gasteiger partial charge in [-0.1, -0.05) is 135 Å². The predicted octanol–water partition coefficient (Wildman–Crippen LogP) is 12.1. The second-order valence-corrected chi connectivity index (χ2v) is 16.1. The Labute approximate surface area is 352 Å². The molecule has 0 saturated heterocycles. The Bertz CT molecular complexity index is 1390. The number of hydrogen-bond donors (Lipinski definition) is 1. The fourth-order valence-electron chi connectivity index (χ4n) is 4.73. The van der Waals surface area contributed by atoms with Crippen molar-refractivity contribution >= 4 is 19.8 Å². The summed E-state index contributed by atoms with van der Waals surface area (Å²) in [6, 6.07) is 0. The van der Waals surface area contributed by atoms with Gasteiger partial charge in [0, 0.05) is 12.8 Å². The van der Waals surface area contributed by atoms with E-state index in [-0.39, 0.29) is 26.1 Å². The van der Waals surface area contributed by atoms with E-state index in [0.29, 0.717) is 23.9 Å². The van der Waals surface area contributed by atoms with Gasteiger partial charge in [0.2, 0.25) is 0 Å². The van der Waals surface area contributed by atoms with Crippen molar-refractivity contribution < 1.29 is 42.1 Å². The summed E-state index contributed by atoms with van der Waals surface area (Å²) in [6.45, 7) is 4.01. The van der Waals surface area contributed by atoms with Crippen LogP contribution in [-0.2, 0) is 32.7 Å². The standard InChI is InChI=1S/C48H76NO8P/c1-6-8-10-12-14-16-18-20-22-23-24-25-27-29-31-33-35-37-39-41-48(51)57-46(45-56-58(52,53)55-43-42-49(3,4)5)44-54-47(50)40-38-36-34-32-30-28-26-21-19-17-15-13-11-9-7-2/h8-11,14-17,20-22,24-26,29-32,35,37,46H,6-7,12-13,18-19,23,27-28,33-34,36,38-45H2,1-5H3/p+1/b10-8-,11-9-,16-14-,17-15-,22-20-,25-24-,26-21-,31-29-,32-30-,37-35-. The summed E-state index contributed by atoms with van der Waals surface area (Å²) in [5.74, 6) is -0.962. The van der Waals surface area contributed by atoms with Crippen LogP contribution in [0.4, 0.5) is 0 Å². The minimum absolute atomic E-state index is 0.00356. The third-order valence-electron chi connectivity index (χ3n) is 8.00. The van der Waals surface area contributed by atoms with Crippen molar-refractivity contribution in [1.82, 2.24) is 0 Å². The number of nitrogens with zero attached hydrogens (tertiary/aromatic N) is 1. The van der Waals surface area contributed by atoms with Crippen molar-refractivity contribution in [2.24, 2.45) is 0 Å². The zero-order chi connectivity index (χ0) is 42.8. The van der Waals surface area contributed by atoms with Crippen LogP contribution >= 0.6 is 7.82 Å². The van der Waals surface area contributed by atoms with E-state index in [4.69, 9.17) is 18.5 Å². The number of phosphoric acid groups is 1. The van der Waals surface area contributed by atoms with Crippen LogP contribution in [0.2, 0.25) is 0 Å². The Morgan fingerprint density at radius 1 is 0.534 bits per heavy atom. The van der Waals surface area contributed by atoms with E-state index in [1.165, 1.54) is 0 Å². The average molecular weight is 827 g/mol. The van der Waals surface area contributed by atoms with E-state index in [2.05, 4.69) is 123 Å². The van der Waals surface area contributed by atoms with Gasteiger partial charge >= 0.3 is 19.8 Å². The molecule has 58 heavy (non-hydrogen) atoms. The molecule has 0 bridgehead atoms. The largest absolute Gasteiger partial charge is 0.472 e. The summed E-state index contributed by atoms with van der Waals surface area (Å²) in [4.78, 5) is 35.3. The molecule has 0 aromatic rings. The molecule has 0 aliphatic rings. The summed E-state index contributed by atoms with van der Waals surface area (Å²) in [6.07, 6.45) is 54.1. The Morgan fingerprint density at radius 2 is 0.948 bits per heavy atom. The first-order valence-corrected chi connectivity index (χ1v) is 22.8. The molecule has 326 valence electrons. The van der Waals surface area contributed by atoms with Crippen molar-refractivity contribution in [3.63, 3.8) is 0 Å². The van der Waals surface area contributed by atoms with E-state index in [1.807, 2.05) is 33.3 Å². The number of unbranched alkanes of at least 4 members (excludes halogenated alkanes) is 2. The van der Waals surface area contributed by atoms with Crippen molar-refractivity contribution in [1.29, 1.82) is 0 Å². The number of allylic oxidation sites excluding steroid dienone is 20. The lowest BCUT2D eigenvalue weighted by molar-refractivity contribution is -0.870. The molecule has 0 amide bonds. The lowest BCUT2D eigenvalue weighted by Gasteiger charge is -2.24. The maximum atomic E-state index is 12.7. The van der Waals surface area contributed by atoms with Gasteiger partial charge in [-0.25, -0.2) is 4.57 Å². The molecule has 0 aliphatic heterocycles. The third kappa shape index (κ3) is 42.0. The molecule has 0 radical (unpaired) electrons. The van der Waals surface area contributed by atoms with Gasteiger partial charge < -0.3 is 18.9 Å².